The van der Waals surface area contributed by atoms with E-state index in [0.717, 1.165) is 18.4 Å². The van der Waals surface area contributed by atoms with Gasteiger partial charge in [0.05, 0.1) is 0 Å². The van der Waals surface area contributed by atoms with Gasteiger partial charge in [0.15, 0.2) is 0 Å². The zero-order valence-corrected chi connectivity index (χ0v) is 11.6. The molecule has 0 spiro atoms. The number of benzene rings is 1. The highest BCUT2D eigenvalue weighted by atomic mass is 15.1. The van der Waals surface area contributed by atoms with Crippen LogP contribution in [-0.4, -0.2) is 26.7 Å². The molecular weight excluding hydrogens is 220 g/mol. The van der Waals surface area contributed by atoms with Crippen LogP contribution in [0.3, 0.4) is 0 Å². The fourth-order valence-electron chi connectivity index (χ4n) is 3.25. The predicted molar refractivity (Wildman–Crippen MR) is 77.4 cm³/mol. The van der Waals surface area contributed by atoms with Crippen molar-refractivity contribution in [2.75, 3.05) is 31.6 Å². The summed E-state index contributed by atoms with van der Waals surface area (Å²) in [7, 11) is 2.21. The second-order valence-corrected chi connectivity index (χ2v) is 5.82. The third-order valence-corrected chi connectivity index (χ3v) is 4.46. The normalized spacial score (nSPS) is 26.0. The van der Waals surface area contributed by atoms with Crippen LogP contribution in [0.15, 0.2) is 18.2 Å². The number of rotatable bonds is 4. The molecule has 1 aromatic rings. The highest BCUT2D eigenvalue weighted by Gasteiger charge is 2.37. The maximum Gasteiger partial charge on any atom is 0.0396 e. The number of nitrogens with zero attached hydrogens (tertiary/aromatic N) is 1. The van der Waals surface area contributed by atoms with Gasteiger partial charge in [-0.3, -0.25) is 0 Å². The average Bonchev–Trinajstić information content (AvgIpc) is 3.16. The Kier molecular flexibility index (Phi) is 3.29. The molecule has 1 aromatic carbocycles. The molecule has 2 unspecified atom stereocenters. The van der Waals surface area contributed by atoms with Gasteiger partial charge in [-0.2, -0.15) is 0 Å². The lowest BCUT2D eigenvalue weighted by Gasteiger charge is -2.27. The van der Waals surface area contributed by atoms with E-state index in [9.17, 15) is 0 Å². The molecule has 2 aliphatic rings. The molecule has 18 heavy (non-hydrogen) atoms. The lowest BCUT2D eigenvalue weighted by atomic mass is 9.97. The first-order valence-electron chi connectivity index (χ1n) is 7.34. The molecular formula is C16H24N2. The third-order valence-electron chi connectivity index (χ3n) is 4.46. The molecule has 1 aliphatic heterocycles. The van der Waals surface area contributed by atoms with Crippen molar-refractivity contribution in [2.24, 2.45) is 5.92 Å². The summed E-state index contributed by atoms with van der Waals surface area (Å²) in [6.07, 6.45) is 3.94. The fourth-order valence-corrected chi connectivity index (χ4v) is 3.25. The molecule has 1 N–H and O–H groups in total. The van der Waals surface area contributed by atoms with Gasteiger partial charge in [0.1, 0.15) is 0 Å². The largest absolute Gasteiger partial charge is 0.374 e. The van der Waals surface area contributed by atoms with Crippen LogP contribution < -0.4 is 10.2 Å². The van der Waals surface area contributed by atoms with Crippen molar-refractivity contribution in [3.8, 4) is 0 Å². The lowest BCUT2D eigenvalue weighted by Crippen LogP contribution is -2.24. The summed E-state index contributed by atoms with van der Waals surface area (Å²) in [6.45, 7) is 5.68. The summed E-state index contributed by atoms with van der Waals surface area (Å²) < 4.78 is 0. The topological polar surface area (TPSA) is 15.3 Å². The van der Waals surface area contributed by atoms with Crippen molar-refractivity contribution in [2.45, 2.75) is 32.1 Å². The predicted octanol–water partition coefficient (Wildman–Crippen LogP) is 2.78. The molecule has 98 valence electrons. The first kappa shape index (κ1) is 12.0. The SMILES string of the molecule is CCNCC1CC1c1ccc2c(c1)CCCN2C. The summed E-state index contributed by atoms with van der Waals surface area (Å²) in [5.41, 5.74) is 4.59. The summed E-state index contributed by atoms with van der Waals surface area (Å²) >= 11 is 0. The Morgan fingerprint density at radius 2 is 2.28 bits per heavy atom. The molecule has 2 heteroatoms. The Labute approximate surface area is 110 Å². The molecule has 1 fully saturated rings. The quantitative estimate of drug-likeness (QED) is 0.876. The van der Waals surface area contributed by atoms with Crippen LogP contribution in [0.5, 0.6) is 0 Å². The molecule has 1 aliphatic carbocycles. The molecule has 0 saturated heterocycles. The van der Waals surface area contributed by atoms with E-state index in [-0.39, 0.29) is 0 Å². The standard InChI is InChI=1S/C16H24N2/c1-3-17-11-14-10-15(14)12-6-7-16-13(9-12)5-4-8-18(16)2/h6-7,9,14-15,17H,3-5,8,10-11H2,1-2H3. The highest BCUT2D eigenvalue weighted by molar-refractivity contribution is 5.57. The Morgan fingerprint density at radius 1 is 1.39 bits per heavy atom. The summed E-state index contributed by atoms with van der Waals surface area (Å²) in [5, 5.41) is 3.47. The van der Waals surface area contributed by atoms with Gasteiger partial charge in [-0.25, -0.2) is 0 Å². The first-order valence-corrected chi connectivity index (χ1v) is 7.34. The van der Waals surface area contributed by atoms with Crippen LogP contribution in [0.1, 0.15) is 36.8 Å². The molecule has 0 radical (unpaired) electrons. The van der Waals surface area contributed by atoms with E-state index in [0.29, 0.717) is 0 Å². The summed E-state index contributed by atoms with van der Waals surface area (Å²) in [4.78, 5) is 2.39. The van der Waals surface area contributed by atoms with E-state index < -0.39 is 0 Å². The number of aryl methyl sites for hydroxylation is 1. The number of fused-ring (bicyclic) bond motifs is 1. The van der Waals surface area contributed by atoms with Gasteiger partial charge in [0.25, 0.3) is 0 Å². The molecule has 0 aromatic heterocycles. The molecule has 0 bridgehead atoms. The minimum Gasteiger partial charge on any atom is -0.374 e. The maximum atomic E-state index is 3.47. The van der Waals surface area contributed by atoms with Crippen LogP contribution in [0.25, 0.3) is 0 Å². The van der Waals surface area contributed by atoms with Crippen molar-refractivity contribution >= 4 is 5.69 Å². The Bertz CT molecular complexity index is 427. The van der Waals surface area contributed by atoms with E-state index in [2.05, 4.69) is 42.4 Å². The van der Waals surface area contributed by atoms with E-state index in [1.54, 1.807) is 11.1 Å². The van der Waals surface area contributed by atoms with Crippen molar-refractivity contribution in [3.05, 3.63) is 29.3 Å². The second kappa shape index (κ2) is 4.93. The number of anilines is 1. The molecule has 3 rings (SSSR count). The Hall–Kier alpha value is -1.02. The van der Waals surface area contributed by atoms with Crippen molar-refractivity contribution in [3.63, 3.8) is 0 Å². The van der Waals surface area contributed by atoms with Gasteiger partial charge in [0, 0.05) is 19.3 Å². The number of hydrogen-bond donors (Lipinski definition) is 1. The Balaban J connectivity index is 1.72. The third kappa shape index (κ3) is 2.26. The average molecular weight is 244 g/mol. The highest BCUT2D eigenvalue weighted by Crippen LogP contribution is 2.48. The minimum atomic E-state index is 0.821. The van der Waals surface area contributed by atoms with Crippen LogP contribution in [0.2, 0.25) is 0 Å². The van der Waals surface area contributed by atoms with Gasteiger partial charge in [-0.05, 0) is 61.4 Å². The van der Waals surface area contributed by atoms with E-state index in [1.165, 1.54) is 38.0 Å². The minimum absolute atomic E-state index is 0.821. The second-order valence-electron chi connectivity index (χ2n) is 5.82. The molecule has 0 amide bonds. The molecule has 2 nitrogen and oxygen atoms in total. The van der Waals surface area contributed by atoms with Crippen LogP contribution >= 0.6 is 0 Å². The molecule has 1 heterocycles. The van der Waals surface area contributed by atoms with Gasteiger partial charge in [-0.1, -0.05) is 19.1 Å². The fraction of sp³-hybridized carbons (Fsp3) is 0.625. The van der Waals surface area contributed by atoms with E-state index >= 15 is 0 Å². The van der Waals surface area contributed by atoms with Gasteiger partial charge >= 0.3 is 0 Å². The van der Waals surface area contributed by atoms with Gasteiger partial charge in [-0.15, -0.1) is 0 Å². The van der Waals surface area contributed by atoms with Crippen LogP contribution in [-0.2, 0) is 6.42 Å². The van der Waals surface area contributed by atoms with Crippen molar-refractivity contribution in [1.82, 2.24) is 5.32 Å². The smallest absolute Gasteiger partial charge is 0.0396 e. The zero-order valence-electron chi connectivity index (χ0n) is 11.6. The van der Waals surface area contributed by atoms with Crippen LogP contribution in [0.4, 0.5) is 5.69 Å². The Morgan fingerprint density at radius 3 is 3.11 bits per heavy atom. The first-order chi connectivity index (χ1) is 8.79. The summed E-state index contributed by atoms with van der Waals surface area (Å²) in [6, 6.07) is 7.17. The van der Waals surface area contributed by atoms with Crippen LogP contribution in [0, 0.1) is 5.92 Å². The zero-order chi connectivity index (χ0) is 12.5. The van der Waals surface area contributed by atoms with E-state index in [1.807, 2.05) is 0 Å². The number of hydrogen-bond acceptors (Lipinski definition) is 2. The van der Waals surface area contributed by atoms with Crippen molar-refractivity contribution in [1.29, 1.82) is 0 Å². The maximum absolute atomic E-state index is 3.47. The van der Waals surface area contributed by atoms with Gasteiger partial charge < -0.3 is 10.2 Å². The lowest BCUT2D eigenvalue weighted by molar-refractivity contribution is 0.649. The monoisotopic (exact) mass is 244 g/mol. The summed E-state index contributed by atoms with van der Waals surface area (Å²) in [5.74, 6) is 1.70. The van der Waals surface area contributed by atoms with E-state index in [4.69, 9.17) is 0 Å². The number of nitrogens with one attached hydrogen (secondary N) is 1. The molecule has 1 saturated carbocycles. The van der Waals surface area contributed by atoms with Gasteiger partial charge in [0.2, 0.25) is 0 Å². The molecule has 2 atom stereocenters. The van der Waals surface area contributed by atoms with Crippen molar-refractivity contribution < 1.29 is 0 Å².